The van der Waals surface area contributed by atoms with Gasteiger partial charge in [-0.3, -0.25) is 14.5 Å². The molecule has 0 saturated carbocycles. The molecule has 3 aromatic rings. The van der Waals surface area contributed by atoms with E-state index in [1.807, 2.05) is 60.7 Å². The molecule has 5 heteroatoms. The van der Waals surface area contributed by atoms with Crippen molar-refractivity contribution in [1.82, 2.24) is 5.32 Å². The van der Waals surface area contributed by atoms with Crippen molar-refractivity contribution in [2.45, 2.75) is 6.54 Å². The van der Waals surface area contributed by atoms with E-state index in [0.29, 0.717) is 12.1 Å². The molecule has 3 aromatic carbocycles. The molecule has 130 valence electrons. The Labute approximate surface area is 151 Å². The van der Waals surface area contributed by atoms with Crippen LogP contribution in [0.3, 0.4) is 0 Å². The van der Waals surface area contributed by atoms with Crippen LogP contribution in [0, 0.1) is 0 Å². The van der Waals surface area contributed by atoms with Gasteiger partial charge in [0.1, 0.15) is 12.3 Å². The molecule has 0 saturated heterocycles. The summed E-state index contributed by atoms with van der Waals surface area (Å²) in [5, 5.41) is 4.80. The maximum atomic E-state index is 12.7. The molecule has 0 radical (unpaired) electrons. The van der Waals surface area contributed by atoms with Crippen molar-refractivity contribution in [2.75, 3.05) is 18.6 Å². The zero-order valence-corrected chi connectivity index (χ0v) is 14.4. The molecule has 4 rings (SSSR count). The fourth-order valence-corrected chi connectivity index (χ4v) is 3.28. The highest BCUT2D eigenvalue weighted by atomic mass is 16.5. The van der Waals surface area contributed by atoms with Crippen LogP contribution < -0.4 is 15.0 Å². The molecular formula is C21H18N2O3. The Morgan fingerprint density at radius 1 is 1.04 bits per heavy atom. The van der Waals surface area contributed by atoms with E-state index in [1.54, 1.807) is 12.0 Å². The van der Waals surface area contributed by atoms with Crippen molar-refractivity contribution in [2.24, 2.45) is 0 Å². The largest absolute Gasteiger partial charge is 0.497 e. The van der Waals surface area contributed by atoms with E-state index in [4.69, 9.17) is 4.74 Å². The Morgan fingerprint density at radius 2 is 1.77 bits per heavy atom. The molecule has 0 bridgehead atoms. The SMILES string of the molecule is COc1ccc(CNC(=O)CN2C(=O)c3cccc4cccc2c34)cc1. The molecule has 0 aliphatic carbocycles. The Kier molecular flexibility index (Phi) is 4.05. The molecule has 1 aliphatic heterocycles. The second kappa shape index (κ2) is 6.52. The second-order valence-electron chi connectivity index (χ2n) is 6.20. The topological polar surface area (TPSA) is 58.6 Å². The minimum Gasteiger partial charge on any atom is -0.497 e. The van der Waals surface area contributed by atoms with Crippen LogP contribution in [0.25, 0.3) is 10.8 Å². The maximum absolute atomic E-state index is 12.7. The number of benzene rings is 3. The van der Waals surface area contributed by atoms with Crippen LogP contribution in [-0.4, -0.2) is 25.5 Å². The fraction of sp³-hybridized carbons (Fsp3) is 0.143. The smallest absolute Gasteiger partial charge is 0.259 e. The quantitative estimate of drug-likeness (QED) is 0.772. The normalized spacial score (nSPS) is 12.5. The van der Waals surface area contributed by atoms with E-state index in [9.17, 15) is 9.59 Å². The summed E-state index contributed by atoms with van der Waals surface area (Å²) >= 11 is 0. The lowest BCUT2D eigenvalue weighted by atomic mass is 10.1. The molecule has 26 heavy (non-hydrogen) atoms. The molecular weight excluding hydrogens is 328 g/mol. The summed E-state index contributed by atoms with van der Waals surface area (Å²) in [6, 6.07) is 18.9. The summed E-state index contributed by atoms with van der Waals surface area (Å²) in [7, 11) is 1.61. The zero-order valence-electron chi connectivity index (χ0n) is 14.4. The molecule has 1 heterocycles. The third-order valence-electron chi connectivity index (χ3n) is 4.60. The van der Waals surface area contributed by atoms with Crippen molar-refractivity contribution in [1.29, 1.82) is 0 Å². The molecule has 2 amide bonds. The Hall–Kier alpha value is -3.34. The minimum atomic E-state index is -0.195. The third kappa shape index (κ3) is 2.77. The van der Waals surface area contributed by atoms with Gasteiger partial charge in [0.05, 0.1) is 12.8 Å². The van der Waals surface area contributed by atoms with Crippen molar-refractivity contribution in [3.8, 4) is 5.75 Å². The van der Waals surface area contributed by atoms with Crippen LogP contribution in [0.4, 0.5) is 5.69 Å². The molecule has 1 aliphatic rings. The lowest BCUT2D eigenvalue weighted by Crippen LogP contribution is -2.38. The van der Waals surface area contributed by atoms with Gasteiger partial charge in [-0.15, -0.1) is 0 Å². The van der Waals surface area contributed by atoms with E-state index in [1.165, 1.54) is 0 Å². The highest BCUT2D eigenvalue weighted by molar-refractivity contribution is 6.26. The lowest BCUT2D eigenvalue weighted by molar-refractivity contribution is -0.119. The predicted molar refractivity (Wildman–Crippen MR) is 100 cm³/mol. The number of nitrogens with one attached hydrogen (secondary N) is 1. The number of carbonyl (C=O) groups excluding carboxylic acids is 2. The molecule has 5 nitrogen and oxygen atoms in total. The van der Waals surface area contributed by atoms with E-state index in [-0.39, 0.29) is 18.4 Å². The van der Waals surface area contributed by atoms with Gasteiger partial charge in [0.25, 0.3) is 5.91 Å². The van der Waals surface area contributed by atoms with Crippen LogP contribution in [0.15, 0.2) is 60.7 Å². The Morgan fingerprint density at radius 3 is 2.50 bits per heavy atom. The van der Waals surface area contributed by atoms with Crippen molar-refractivity contribution < 1.29 is 14.3 Å². The maximum Gasteiger partial charge on any atom is 0.259 e. The highest BCUT2D eigenvalue weighted by Gasteiger charge is 2.30. The third-order valence-corrected chi connectivity index (χ3v) is 4.60. The number of ether oxygens (including phenoxy) is 1. The summed E-state index contributed by atoms with van der Waals surface area (Å²) in [5.41, 5.74) is 2.42. The summed E-state index contributed by atoms with van der Waals surface area (Å²) in [6.45, 7) is 0.408. The van der Waals surface area contributed by atoms with Crippen LogP contribution in [-0.2, 0) is 11.3 Å². The highest BCUT2D eigenvalue weighted by Crippen LogP contribution is 2.36. The van der Waals surface area contributed by atoms with Crippen molar-refractivity contribution in [3.63, 3.8) is 0 Å². The van der Waals surface area contributed by atoms with Gasteiger partial charge >= 0.3 is 0 Å². The summed E-state index contributed by atoms with van der Waals surface area (Å²) < 4.78 is 5.12. The predicted octanol–water partition coefficient (Wildman–Crippen LogP) is 3.13. The Balaban J connectivity index is 1.47. The summed E-state index contributed by atoms with van der Waals surface area (Å²) in [6.07, 6.45) is 0. The van der Waals surface area contributed by atoms with E-state index in [2.05, 4.69) is 5.32 Å². The second-order valence-corrected chi connectivity index (χ2v) is 6.20. The van der Waals surface area contributed by atoms with E-state index >= 15 is 0 Å². The van der Waals surface area contributed by atoms with Gasteiger partial charge in [-0.2, -0.15) is 0 Å². The minimum absolute atomic E-state index is 0.00276. The molecule has 0 fully saturated rings. The number of methoxy groups -OCH3 is 1. The lowest BCUT2D eigenvalue weighted by Gasteiger charge is -2.17. The van der Waals surface area contributed by atoms with Gasteiger partial charge in [0, 0.05) is 17.5 Å². The van der Waals surface area contributed by atoms with Crippen LogP contribution >= 0.6 is 0 Å². The first-order valence-corrected chi connectivity index (χ1v) is 8.40. The average molecular weight is 346 g/mol. The van der Waals surface area contributed by atoms with Gasteiger partial charge in [0.15, 0.2) is 0 Å². The van der Waals surface area contributed by atoms with Gasteiger partial charge in [-0.1, -0.05) is 36.4 Å². The number of anilines is 1. The fourth-order valence-electron chi connectivity index (χ4n) is 3.28. The average Bonchev–Trinajstić information content (AvgIpc) is 2.95. The van der Waals surface area contributed by atoms with Gasteiger partial charge in [-0.25, -0.2) is 0 Å². The molecule has 0 aromatic heterocycles. The van der Waals surface area contributed by atoms with Gasteiger partial charge in [0.2, 0.25) is 5.91 Å². The van der Waals surface area contributed by atoms with Crippen LogP contribution in [0.1, 0.15) is 15.9 Å². The van der Waals surface area contributed by atoms with E-state index in [0.717, 1.165) is 27.8 Å². The van der Waals surface area contributed by atoms with Gasteiger partial charge in [-0.05, 0) is 35.2 Å². The molecule has 0 atom stereocenters. The Bertz CT molecular complexity index is 991. The number of amides is 2. The van der Waals surface area contributed by atoms with Crippen molar-refractivity contribution >= 4 is 28.3 Å². The van der Waals surface area contributed by atoms with Crippen molar-refractivity contribution in [3.05, 3.63) is 71.8 Å². The van der Waals surface area contributed by atoms with E-state index < -0.39 is 0 Å². The number of hydrogen-bond acceptors (Lipinski definition) is 3. The number of hydrogen-bond donors (Lipinski definition) is 1. The first kappa shape index (κ1) is 16.1. The molecule has 1 N–H and O–H groups in total. The zero-order chi connectivity index (χ0) is 18.1. The van der Waals surface area contributed by atoms with Gasteiger partial charge < -0.3 is 10.1 Å². The summed E-state index contributed by atoms with van der Waals surface area (Å²) in [4.78, 5) is 26.6. The monoisotopic (exact) mass is 346 g/mol. The van der Waals surface area contributed by atoms with Crippen LogP contribution in [0.2, 0.25) is 0 Å². The molecule has 0 unspecified atom stereocenters. The summed E-state index contributed by atoms with van der Waals surface area (Å²) in [5.74, 6) is 0.448. The number of rotatable bonds is 5. The number of nitrogens with zero attached hydrogens (tertiary/aromatic N) is 1. The first-order valence-electron chi connectivity index (χ1n) is 8.40. The van der Waals surface area contributed by atoms with Crippen LogP contribution in [0.5, 0.6) is 5.75 Å². The standard InChI is InChI=1S/C21H18N2O3/c1-26-16-10-8-14(9-11-16)12-22-19(24)13-23-18-7-3-5-15-4-2-6-17(20(15)18)21(23)25/h2-11H,12-13H2,1H3,(H,22,24). The number of carbonyl (C=O) groups is 2. The molecule has 0 spiro atoms. The first-order chi connectivity index (χ1) is 12.7.